The average Bonchev–Trinajstić information content (AvgIpc) is 2.29. The van der Waals surface area contributed by atoms with Crippen molar-refractivity contribution >= 4 is 5.57 Å². The van der Waals surface area contributed by atoms with E-state index in [2.05, 4.69) is 37.6 Å². The molecule has 1 aromatic rings. The Morgan fingerprint density at radius 2 is 2.06 bits per heavy atom. The first kappa shape index (κ1) is 10.9. The topological polar surface area (TPSA) is 12.9 Å². The minimum absolute atomic E-state index is 0.221. The Balaban J connectivity index is 2.28. The van der Waals surface area contributed by atoms with Crippen LogP contribution in [0.25, 0.3) is 5.57 Å². The molecule has 1 aromatic heterocycles. The summed E-state index contributed by atoms with van der Waals surface area (Å²) >= 11 is 0. The van der Waals surface area contributed by atoms with E-state index in [1.54, 1.807) is 0 Å². The molecular weight excluding hydrogens is 194 g/mol. The van der Waals surface area contributed by atoms with Crippen LogP contribution in [0.2, 0.25) is 0 Å². The first-order valence-electron chi connectivity index (χ1n) is 5.64. The zero-order valence-electron chi connectivity index (χ0n) is 10.1. The lowest BCUT2D eigenvalue weighted by Crippen LogP contribution is -2.11. The number of hydrogen-bond donors (Lipinski definition) is 0. The van der Waals surface area contributed by atoms with Crippen molar-refractivity contribution in [2.45, 2.75) is 27.2 Å². The molecule has 0 spiro atoms. The molecule has 2 rings (SSSR count). The van der Waals surface area contributed by atoms with E-state index in [-0.39, 0.29) is 5.41 Å². The van der Waals surface area contributed by atoms with Crippen LogP contribution >= 0.6 is 0 Å². The van der Waals surface area contributed by atoms with Crippen molar-refractivity contribution in [2.75, 3.05) is 0 Å². The number of hydrogen-bond acceptors (Lipinski definition) is 1. The number of nitrogens with zero attached hydrogens (tertiary/aromatic N) is 1. The molecule has 1 aliphatic carbocycles. The lowest BCUT2D eigenvalue weighted by Gasteiger charge is -2.24. The van der Waals surface area contributed by atoms with Crippen LogP contribution in [-0.4, -0.2) is 4.98 Å². The summed E-state index contributed by atoms with van der Waals surface area (Å²) in [6.45, 7) is 6.73. The first-order chi connectivity index (χ1) is 7.57. The number of rotatable bonds is 1. The summed E-state index contributed by atoms with van der Waals surface area (Å²) in [6.07, 6.45) is 6.97. The SMILES string of the molecule is CC(C)(C)C1=CC=C=C(c2ccccn2)C1. The maximum atomic E-state index is 4.37. The summed E-state index contributed by atoms with van der Waals surface area (Å²) in [4.78, 5) is 4.37. The second-order valence-corrected chi connectivity index (χ2v) is 5.12. The summed E-state index contributed by atoms with van der Waals surface area (Å²) in [6, 6.07) is 6.00. The van der Waals surface area contributed by atoms with Crippen molar-refractivity contribution in [3.05, 3.63) is 53.5 Å². The van der Waals surface area contributed by atoms with Crippen LogP contribution in [0.5, 0.6) is 0 Å². The quantitative estimate of drug-likeness (QED) is 0.640. The Bertz CT molecular complexity index is 466. The monoisotopic (exact) mass is 211 g/mol. The van der Waals surface area contributed by atoms with Crippen LogP contribution in [0.3, 0.4) is 0 Å². The molecule has 0 atom stereocenters. The molecule has 1 aliphatic rings. The van der Waals surface area contributed by atoms with Crippen molar-refractivity contribution in [3.63, 3.8) is 0 Å². The van der Waals surface area contributed by atoms with Crippen molar-refractivity contribution < 1.29 is 0 Å². The van der Waals surface area contributed by atoms with Gasteiger partial charge in [-0.3, -0.25) is 4.98 Å². The van der Waals surface area contributed by atoms with Crippen LogP contribution in [0.15, 0.2) is 47.9 Å². The Hall–Kier alpha value is -1.59. The molecule has 16 heavy (non-hydrogen) atoms. The van der Waals surface area contributed by atoms with Gasteiger partial charge in [0.25, 0.3) is 0 Å². The van der Waals surface area contributed by atoms with Crippen LogP contribution in [-0.2, 0) is 0 Å². The smallest absolute Gasteiger partial charge is 0.0741 e. The van der Waals surface area contributed by atoms with Crippen molar-refractivity contribution in [1.82, 2.24) is 4.98 Å². The molecule has 1 nitrogen and oxygen atoms in total. The highest BCUT2D eigenvalue weighted by Gasteiger charge is 2.19. The number of pyridine rings is 1. The predicted octanol–water partition coefficient (Wildman–Crippen LogP) is 4.00. The summed E-state index contributed by atoms with van der Waals surface area (Å²) in [7, 11) is 0. The lowest BCUT2D eigenvalue weighted by molar-refractivity contribution is 0.495. The molecule has 0 fully saturated rings. The molecule has 0 saturated carbocycles. The van der Waals surface area contributed by atoms with E-state index in [1.807, 2.05) is 30.5 Å². The van der Waals surface area contributed by atoms with Gasteiger partial charge in [-0.2, -0.15) is 0 Å². The Morgan fingerprint density at radius 3 is 2.69 bits per heavy atom. The largest absolute Gasteiger partial charge is 0.256 e. The Labute approximate surface area is 97.2 Å². The molecule has 1 heteroatoms. The zero-order valence-corrected chi connectivity index (χ0v) is 10.1. The first-order valence-corrected chi connectivity index (χ1v) is 5.64. The highest BCUT2D eigenvalue weighted by atomic mass is 14.7. The van der Waals surface area contributed by atoms with E-state index >= 15 is 0 Å². The fraction of sp³-hybridized carbons (Fsp3) is 0.333. The third kappa shape index (κ3) is 2.32. The molecule has 0 saturated heterocycles. The summed E-state index contributed by atoms with van der Waals surface area (Å²) in [5.41, 5.74) is 7.17. The van der Waals surface area contributed by atoms with E-state index in [1.165, 1.54) is 11.1 Å². The highest BCUT2D eigenvalue weighted by molar-refractivity contribution is 5.66. The van der Waals surface area contributed by atoms with Crippen LogP contribution in [0.1, 0.15) is 32.9 Å². The van der Waals surface area contributed by atoms with Gasteiger partial charge in [0.15, 0.2) is 0 Å². The zero-order chi connectivity index (χ0) is 11.6. The summed E-state index contributed by atoms with van der Waals surface area (Å²) < 4.78 is 0. The molecule has 0 radical (unpaired) electrons. The third-order valence-electron chi connectivity index (χ3n) is 2.85. The summed E-state index contributed by atoms with van der Waals surface area (Å²) in [5.74, 6) is 0. The van der Waals surface area contributed by atoms with E-state index in [4.69, 9.17) is 0 Å². The minimum atomic E-state index is 0.221. The van der Waals surface area contributed by atoms with Crippen molar-refractivity contribution in [1.29, 1.82) is 0 Å². The van der Waals surface area contributed by atoms with E-state index < -0.39 is 0 Å². The second-order valence-electron chi connectivity index (χ2n) is 5.12. The second kappa shape index (κ2) is 4.11. The molecule has 82 valence electrons. The molecule has 0 bridgehead atoms. The van der Waals surface area contributed by atoms with Gasteiger partial charge in [-0.05, 0) is 23.6 Å². The van der Waals surface area contributed by atoms with Crippen LogP contribution < -0.4 is 0 Å². The molecule has 1 heterocycles. The third-order valence-corrected chi connectivity index (χ3v) is 2.85. The standard InChI is InChI=1S/C15H17N/c1-15(2,3)13-8-6-7-12(11-13)14-9-4-5-10-16-14/h4-6,8-10H,11H2,1-3H3. The highest BCUT2D eigenvalue weighted by Crippen LogP contribution is 2.34. The van der Waals surface area contributed by atoms with Crippen LogP contribution in [0, 0.1) is 5.41 Å². The maximum absolute atomic E-state index is 4.37. The van der Waals surface area contributed by atoms with E-state index in [0.29, 0.717) is 0 Å². The van der Waals surface area contributed by atoms with E-state index in [9.17, 15) is 0 Å². The molecule has 0 aromatic carbocycles. The van der Waals surface area contributed by atoms with Gasteiger partial charge in [-0.25, -0.2) is 0 Å². The number of aromatic nitrogens is 1. The van der Waals surface area contributed by atoms with E-state index in [0.717, 1.165) is 12.1 Å². The fourth-order valence-electron chi connectivity index (χ4n) is 1.76. The fourth-order valence-corrected chi connectivity index (χ4v) is 1.76. The van der Waals surface area contributed by atoms with Gasteiger partial charge in [0.2, 0.25) is 0 Å². The minimum Gasteiger partial charge on any atom is -0.256 e. The molecule has 0 amide bonds. The van der Waals surface area contributed by atoms with Gasteiger partial charge in [0.1, 0.15) is 0 Å². The Morgan fingerprint density at radius 1 is 1.25 bits per heavy atom. The molecule has 0 aliphatic heterocycles. The molecular formula is C15H17N. The number of allylic oxidation sites excluding steroid dienone is 3. The van der Waals surface area contributed by atoms with Gasteiger partial charge in [0, 0.05) is 18.2 Å². The predicted molar refractivity (Wildman–Crippen MR) is 67.9 cm³/mol. The van der Waals surface area contributed by atoms with Crippen LogP contribution in [0.4, 0.5) is 0 Å². The van der Waals surface area contributed by atoms with Gasteiger partial charge >= 0.3 is 0 Å². The van der Waals surface area contributed by atoms with Crippen molar-refractivity contribution in [3.8, 4) is 0 Å². The van der Waals surface area contributed by atoms with Gasteiger partial charge < -0.3 is 0 Å². The van der Waals surface area contributed by atoms with Gasteiger partial charge in [-0.15, -0.1) is 5.73 Å². The summed E-state index contributed by atoms with van der Waals surface area (Å²) in [5, 5.41) is 0. The maximum Gasteiger partial charge on any atom is 0.0741 e. The normalized spacial score (nSPS) is 15.7. The van der Waals surface area contributed by atoms with Gasteiger partial charge in [0.05, 0.1) is 5.69 Å². The lowest BCUT2D eigenvalue weighted by atomic mass is 9.81. The average molecular weight is 211 g/mol. The van der Waals surface area contributed by atoms with Crippen molar-refractivity contribution in [2.24, 2.45) is 5.41 Å². The van der Waals surface area contributed by atoms with Gasteiger partial charge in [-0.1, -0.05) is 38.5 Å². The molecule has 0 unspecified atom stereocenters. The Kier molecular flexibility index (Phi) is 2.80. The molecule has 0 N–H and O–H groups in total.